The van der Waals surface area contributed by atoms with Crippen LogP contribution in [0.4, 0.5) is 0 Å². The molecule has 3 aromatic rings. The summed E-state index contributed by atoms with van der Waals surface area (Å²) in [6, 6.07) is 15.3. The molecule has 0 bridgehead atoms. The van der Waals surface area contributed by atoms with Crippen LogP contribution in [0.1, 0.15) is 50.8 Å². The Labute approximate surface area is 222 Å². The van der Waals surface area contributed by atoms with Gasteiger partial charge in [0.2, 0.25) is 5.91 Å². The number of methoxy groups -OCH3 is 1. The van der Waals surface area contributed by atoms with E-state index in [4.69, 9.17) is 9.47 Å². The number of hydrogen-bond donors (Lipinski definition) is 0. The van der Waals surface area contributed by atoms with Gasteiger partial charge in [-0.05, 0) is 79.8 Å². The smallest absolute Gasteiger partial charge is 0.258 e. The molecule has 1 fully saturated rings. The first-order chi connectivity index (χ1) is 17.9. The summed E-state index contributed by atoms with van der Waals surface area (Å²) in [5, 5.41) is 2.09. The van der Waals surface area contributed by atoms with Crippen molar-refractivity contribution in [2.24, 2.45) is 5.92 Å². The van der Waals surface area contributed by atoms with Crippen LogP contribution in [0.3, 0.4) is 0 Å². The SMILES string of the molecule is COc1ccccc1C(=O)N(CC(=O)N1CCc2sccc2[C@H]1COc1ccc(C)cc1C)CC1CC1. The van der Waals surface area contributed by atoms with Gasteiger partial charge in [0.05, 0.1) is 18.7 Å². The van der Waals surface area contributed by atoms with Crippen LogP contribution in [0.5, 0.6) is 11.5 Å². The second kappa shape index (κ2) is 11.0. The highest BCUT2D eigenvalue weighted by Gasteiger charge is 2.35. The van der Waals surface area contributed by atoms with E-state index in [0.717, 1.165) is 36.1 Å². The predicted molar refractivity (Wildman–Crippen MR) is 146 cm³/mol. The monoisotopic (exact) mass is 518 g/mol. The number of hydrogen-bond acceptors (Lipinski definition) is 5. The topological polar surface area (TPSA) is 59.1 Å². The molecule has 7 heteroatoms. The fourth-order valence-electron chi connectivity index (χ4n) is 5.08. The predicted octanol–water partition coefficient (Wildman–Crippen LogP) is 5.43. The Kier molecular flexibility index (Phi) is 7.51. The highest BCUT2D eigenvalue weighted by atomic mass is 32.1. The van der Waals surface area contributed by atoms with Crippen molar-refractivity contribution in [1.29, 1.82) is 0 Å². The fourth-order valence-corrected chi connectivity index (χ4v) is 6.01. The van der Waals surface area contributed by atoms with Crippen LogP contribution in [-0.4, -0.2) is 55.0 Å². The molecule has 2 amide bonds. The Morgan fingerprint density at radius 2 is 1.89 bits per heavy atom. The van der Waals surface area contributed by atoms with Gasteiger partial charge in [0.15, 0.2) is 0 Å². The van der Waals surface area contributed by atoms with Crippen LogP contribution in [-0.2, 0) is 11.2 Å². The Bertz CT molecular complexity index is 1280. The second-order valence-corrected chi connectivity index (χ2v) is 11.1. The normalized spacial score (nSPS) is 16.7. The van der Waals surface area contributed by atoms with Crippen LogP contribution in [0.25, 0.3) is 0 Å². The van der Waals surface area contributed by atoms with Crippen LogP contribution < -0.4 is 9.47 Å². The molecule has 0 spiro atoms. The van der Waals surface area contributed by atoms with E-state index in [0.29, 0.717) is 36.9 Å². The summed E-state index contributed by atoms with van der Waals surface area (Å²) in [4.78, 5) is 32.3. The average molecular weight is 519 g/mol. The second-order valence-electron chi connectivity index (χ2n) is 10.1. The molecule has 2 aromatic carbocycles. The summed E-state index contributed by atoms with van der Waals surface area (Å²) in [5.41, 5.74) is 3.92. The maximum Gasteiger partial charge on any atom is 0.258 e. The van der Waals surface area contributed by atoms with Crippen molar-refractivity contribution < 1.29 is 19.1 Å². The quantitative estimate of drug-likeness (QED) is 0.379. The average Bonchev–Trinajstić information content (AvgIpc) is 3.59. The van der Waals surface area contributed by atoms with E-state index in [1.165, 1.54) is 10.4 Å². The number of ether oxygens (including phenoxy) is 2. The molecule has 1 aliphatic heterocycles. The number of aryl methyl sites for hydroxylation is 2. The van der Waals surface area contributed by atoms with Crippen LogP contribution in [0.15, 0.2) is 53.9 Å². The Morgan fingerprint density at radius 1 is 1.08 bits per heavy atom. The number of amides is 2. The number of para-hydroxylation sites is 1. The lowest BCUT2D eigenvalue weighted by Crippen LogP contribution is -2.48. The zero-order chi connectivity index (χ0) is 25.9. The molecule has 2 heterocycles. The fraction of sp³-hybridized carbons (Fsp3) is 0.400. The highest BCUT2D eigenvalue weighted by Crippen LogP contribution is 2.35. The highest BCUT2D eigenvalue weighted by molar-refractivity contribution is 7.10. The summed E-state index contributed by atoms with van der Waals surface area (Å²) in [7, 11) is 1.56. The first-order valence-electron chi connectivity index (χ1n) is 12.9. The third kappa shape index (κ3) is 5.67. The van der Waals surface area contributed by atoms with Crippen LogP contribution >= 0.6 is 11.3 Å². The van der Waals surface area contributed by atoms with E-state index >= 15 is 0 Å². The van der Waals surface area contributed by atoms with Crippen molar-refractivity contribution in [3.05, 3.63) is 81.0 Å². The van der Waals surface area contributed by atoms with Crippen molar-refractivity contribution >= 4 is 23.2 Å². The van der Waals surface area contributed by atoms with E-state index < -0.39 is 0 Å². The lowest BCUT2D eigenvalue weighted by atomic mass is 10.00. The third-order valence-electron chi connectivity index (χ3n) is 7.27. The molecule has 0 N–H and O–H groups in total. The van der Waals surface area contributed by atoms with Gasteiger partial charge in [-0.2, -0.15) is 0 Å². The van der Waals surface area contributed by atoms with Gasteiger partial charge in [-0.25, -0.2) is 0 Å². The van der Waals surface area contributed by atoms with Gasteiger partial charge in [0, 0.05) is 18.0 Å². The standard InChI is InChI=1S/C30H34N2O4S/c1-20-8-11-26(21(2)16-20)36-19-25-23-13-15-37-28(23)12-14-32(25)29(33)18-31(17-22-9-10-22)30(34)24-6-4-5-7-27(24)35-3/h4-8,11,13,15-16,22,25H,9-10,12,14,17-19H2,1-3H3/t25-/m1/s1. The number of carbonyl (C=O) groups excluding carboxylic acids is 2. The minimum Gasteiger partial charge on any atom is -0.496 e. The lowest BCUT2D eigenvalue weighted by Gasteiger charge is -2.37. The van der Waals surface area contributed by atoms with Crippen molar-refractivity contribution in [2.75, 3.05) is 33.4 Å². The van der Waals surface area contributed by atoms with Gasteiger partial charge < -0.3 is 19.3 Å². The molecular formula is C30H34N2O4S. The van der Waals surface area contributed by atoms with Gasteiger partial charge in [-0.15, -0.1) is 11.3 Å². The van der Waals surface area contributed by atoms with Gasteiger partial charge in [-0.1, -0.05) is 29.8 Å². The van der Waals surface area contributed by atoms with E-state index in [2.05, 4.69) is 24.4 Å². The lowest BCUT2D eigenvalue weighted by molar-refractivity contribution is -0.135. The van der Waals surface area contributed by atoms with E-state index in [9.17, 15) is 9.59 Å². The van der Waals surface area contributed by atoms with Crippen molar-refractivity contribution in [3.8, 4) is 11.5 Å². The molecule has 194 valence electrons. The van der Waals surface area contributed by atoms with Gasteiger partial charge in [-0.3, -0.25) is 9.59 Å². The van der Waals surface area contributed by atoms with E-state index in [1.54, 1.807) is 35.5 Å². The summed E-state index contributed by atoms with van der Waals surface area (Å²) in [6.45, 7) is 5.74. The summed E-state index contributed by atoms with van der Waals surface area (Å²) >= 11 is 1.73. The Morgan fingerprint density at radius 3 is 2.65 bits per heavy atom. The number of rotatable bonds is 9. The molecule has 1 saturated carbocycles. The summed E-state index contributed by atoms with van der Waals surface area (Å²) < 4.78 is 11.7. The molecule has 0 radical (unpaired) electrons. The first kappa shape index (κ1) is 25.3. The molecule has 37 heavy (non-hydrogen) atoms. The zero-order valence-electron chi connectivity index (χ0n) is 21.7. The first-order valence-corrected chi connectivity index (χ1v) is 13.8. The zero-order valence-corrected chi connectivity index (χ0v) is 22.6. The van der Waals surface area contributed by atoms with Gasteiger partial charge >= 0.3 is 0 Å². The van der Waals surface area contributed by atoms with Crippen LogP contribution in [0, 0.1) is 19.8 Å². The maximum atomic E-state index is 13.8. The summed E-state index contributed by atoms with van der Waals surface area (Å²) in [5.74, 6) is 1.62. The Balaban J connectivity index is 1.36. The largest absolute Gasteiger partial charge is 0.496 e. The molecule has 0 saturated heterocycles. The third-order valence-corrected chi connectivity index (χ3v) is 8.27. The number of thiophene rings is 1. The molecule has 1 atom stereocenters. The van der Waals surface area contributed by atoms with Gasteiger partial charge in [0.1, 0.15) is 24.7 Å². The van der Waals surface area contributed by atoms with E-state index in [-0.39, 0.29) is 24.4 Å². The minimum atomic E-state index is -0.188. The van der Waals surface area contributed by atoms with Crippen LogP contribution in [0.2, 0.25) is 0 Å². The minimum absolute atomic E-state index is 0.0463. The van der Waals surface area contributed by atoms with E-state index in [1.807, 2.05) is 36.1 Å². The summed E-state index contributed by atoms with van der Waals surface area (Å²) in [6.07, 6.45) is 3.01. The van der Waals surface area contributed by atoms with Gasteiger partial charge in [0.25, 0.3) is 5.91 Å². The molecule has 1 aromatic heterocycles. The van der Waals surface area contributed by atoms with Crippen molar-refractivity contribution in [3.63, 3.8) is 0 Å². The maximum absolute atomic E-state index is 13.8. The Hall–Kier alpha value is -3.32. The molecule has 2 aliphatic rings. The molecular weight excluding hydrogens is 484 g/mol. The number of benzene rings is 2. The number of carbonyl (C=O) groups is 2. The molecule has 0 unspecified atom stereocenters. The number of fused-ring (bicyclic) bond motifs is 1. The number of nitrogens with zero attached hydrogens (tertiary/aromatic N) is 2. The van der Waals surface area contributed by atoms with Crippen molar-refractivity contribution in [1.82, 2.24) is 9.80 Å². The molecule has 1 aliphatic carbocycles. The van der Waals surface area contributed by atoms with Crippen molar-refractivity contribution in [2.45, 2.75) is 39.2 Å². The molecule has 6 nitrogen and oxygen atoms in total. The molecule has 5 rings (SSSR count).